The summed E-state index contributed by atoms with van der Waals surface area (Å²) >= 11 is 0. The van der Waals surface area contributed by atoms with Gasteiger partial charge in [0.05, 0.1) is 6.04 Å². The molecule has 1 aromatic carbocycles. The molecule has 1 aliphatic heterocycles. The Morgan fingerprint density at radius 3 is 2.80 bits per heavy atom. The number of carbonyl (C=O) groups excluding carboxylic acids is 1. The SMILES string of the molecule is CC(CC(=O)N(C1CC1)C1CCCc2ccccc21)C1CCCNC1. The second-order valence-electron chi connectivity index (χ2n) is 8.43. The Bertz CT molecular complexity index is 604. The molecule has 1 N–H and O–H groups in total. The molecule has 1 saturated carbocycles. The number of amides is 1. The molecule has 2 fully saturated rings. The van der Waals surface area contributed by atoms with Gasteiger partial charge in [0.15, 0.2) is 0 Å². The number of benzene rings is 1. The van der Waals surface area contributed by atoms with E-state index in [2.05, 4.69) is 41.4 Å². The summed E-state index contributed by atoms with van der Waals surface area (Å²) in [7, 11) is 0. The minimum Gasteiger partial charge on any atom is -0.333 e. The van der Waals surface area contributed by atoms with Crippen molar-refractivity contribution in [2.45, 2.75) is 70.4 Å². The third-order valence-corrected chi connectivity index (χ3v) is 6.54. The quantitative estimate of drug-likeness (QED) is 0.876. The Morgan fingerprint density at radius 2 is 2.04 bits per heavy atom. The zero-order valence-corrected chi connectivity index (χ0v) is 15.5. The molecule has 0 spiro atoms. The van der Waals surface area contributed by atoms with Gasteiger partial charge < -0.3 is 10.2 Å². The fourth-order valence-corrected chi connectivity index (χ4v) is 4.91. The molecule has 1 saturated heterocycles. The van der Waals surface area contributed by atoms with Crippen LogP contribution in [-0.2, 0) is 11.2 Å². The molecule has 3 nitrogen and oxygen atoms in total. The predicted octanol–water partition coefficient (Wildman–Crippen LogP) is 4.08. The topological polar surface area (TPSA) is 32.3 Å². The summed E-state index contributed by atoms with van der Waals surface area (Å²) in [4.78, 5) is 15.6. The van der Waals surface area contributed by atoms with Crippen LogP contribution in [-0.4, -0.2) is 29.9 Å². The standard InChI is InChI=1S/C22H32N2O/c1-16(18-8-5-13-23-15-18)14-22(25)24(19-11-12-19)21-10-4-7-17-6-2-3-9-20(17)21/h2-3,6,9,16,18-19,21,23H,4-5,7-8,10-15H2,1H3. The van der Waals surface area contributed by atoms with Crippen LogP contribution in [0.5, 0.6) is 0 Å². The van der Waals surface area contributed by atoms with Gasteiger partial charge in [-0.3, -0.25) is 4.79 Å². The zero-order chi connectivity index (χ0) is 17.2. The average Bonchev–Trinajstić information content (AvgIpc) is 3.48. The molecule has 0 radical (unpaired) electrons. The van der Waals surface area contributed by atoms with E-state index in [4.69, 9.17) is 0 Å². The van der Waals surface area contributed by atoms with Gasteiger partial charge in [0, 0.05) is 12.5 Å². The van der Waals surface area contributed by atoms with E-state index < -0.39 is 0 Å². The summed E-state index contributed by atoms with van der Waals surface area (Å²) in [6.45, 7) is 4.52. The van der Waals surface area contributed by atoms with Gasteiger partial charge in [-0.1, -0.05) is 31.2 Å². The second kappa shape index (κ2) is 7.49. The zero-order valence-electron chi connectivity index (χ0n) is 15.5. The Morgan fingerprint density at radius 1 is 1.20 bits per heavy atom. The van der Waals surface area contributed by atoms with E-state index in [1.165, 1.54) is 49.7 Å². The van der Waals surface area contributed by atoms with Crippen LogP contribution >= 0.6 is 0 Å². The maximum absolute atomic E-state index is 13.3. The molecular weight excluding hydrogens is 308 g/mol. The third kappa shape index (κ3) is 3.76. The molecule has 0 aromatic heterocycles. The van der Waals surface area contributed by atoms with Gasteiger partial charge in [-0.15, -0.1) is 0 Å². The van der Waals surface area contributed by atoms with Crippen LogP contribution in [0.3, 0.4) is 0 Å². The average molecular weight is 341 g/mol. The van der Waals surface area contributed by atoms with E-state index in [0.717, 1.165) is 25.9 Å². The highest BCUT2D eigenvalue weighted by Gasteiger charge is 2.40. The number of piperidine rings is 1. The normalized spacial score (nSPS) is 27.4. The van der Waals surface area contributed by atoms with Crippen LogP contribution in [0.4, 0.5) is 0 Å². The number of aryl methyl sites for hydroxylation is 1. The van der Waals surface area contributed by atoms with Crippen LogP contribution in [0.15, 0.2) is 24.3 Å². The Labute approximate surface area is 152 Å². The van der Waals surface area contributed by atoms with E-state index in [1.54, 1.807) is 0 Å². The van der Waals surface area contributed by atoms with Crippen molar-refractivity contribution in [3.05, 3.63) is 35.4 Å². The maximum atomic E-state index is 13.3. The van der Waals surface area contributed by atoms with Crippen LogP contribution in [0.1, 0.15) is 69.0 Å². The van der Waals surface area contributed by atoms with Crippen molar-refractivity contribution < 1.29 is 4.79 Å². The molecule has 2 aliphatic carbocycles. The molecule has 3 aliphatic rings. The lowest BCUT2D eigenvalue weighted by atomic mass is 9.84. The largest absolute Gasteiger partial charge is 0.333 e. The van der Waals surface area contributed by atoms with Gasteiger partial charge in [0.25, 0.3) is 0 Å². The molecule has 4 rings (SSSR count). The van der Waals surface area contributed by atoms with E-state index in [1.807, 2.05) is 0 Å². The molecular formula is C22H32N2O. The summed E-state index contributed by atoms with van der Waals surface area (Å²) in [5.74, 6) is 1.56. The Hall–Kier alpha value is -1.35. The van der Waals surface area contributed by atoms with Gasteiger partial charge in [-0.05, 0) is 81.0 Å². The highest BCUT2D eigenvalue weighted by Crippen LogP contribution is 2.41. The monoisotopic (exact) mass is 340 g/mol. The Balaban J connectivity index is 1.49. The van der Waals surface area contributed by atoms with Crippen molar-refractivity contribution in [1.29, 1.82) is 0 Å². The van der Waals surface area contributed by atoms with Crippen LogP contribution < -0.4 is 5.32 Å². The van der Waals surface area contributed by atoms with Crippen LogP contribution in [0.2, 0.25) is 0 Å². The molecule has 1 amide bonds. The highest BCUT2D eigenvalue weighted by atomic mass is 16.2. The minimum absolute atomic E-state index is 0.321. The third-order valence-electron chi connectivity index (χ3n) is 6.54. The van der Waals surface area contributed by atoms with Crippen molar-refractivity contribution in [2.75, 3.05) is 13.1 Å². The van der Waals surface area contributed by atoms with Crippen molar-refractivity contribution in [3.8, 4) is 0 Å². The van der Waals surface area contributed by atoms with Gasteiger partial charge >= 0.3 is 0 Å². The molecule has 136 valence electrons. The molecule has 1 heterocycles. The summed E-state index contributed by atoms with van der Waals surface area (Å²) in [6, 6.07) is 9.62. The molecule has 3 unspecified atom stereocenters. The van der Waals surface area contributed by atoms with E-state index in [0.29, 0.717) is 29.8 Å². The van der Waals surface area contributed by atoms with E-state index >= 15 is 0 Å². The van der Waals surface area contributed by atoms with Crippen molar-refractivity contribution in [2.24, 2.45) is 11.8 Å². The molecule has 0 bridgehead atoms. The first-order valence-electron chi connectivity index (χ1n) is 10.3. The van der Waals surface area contributed by atoms with Gasteiger partial charge in [0.1, 0.15) is 0 Å². The predicted molar refractivity (Wildman–Crippen MR) is 101 cm³/mol. The summed E-state index contributed by atoms with van der Waals surface area (Å²) in [6.07, 6.45) is 9.17. The van der Waals surface area contributed by atoms with Crippen molar-refractivity contribution in [3.63, 3.8) is 0 Å². The fraction of sp³-hybridized carbons (Fsp3) is 0.682. The first-order chi connectivity index (χ1) is 12.2. The summed E-state index contributed by atoms with van der Waals surface area (Å²) < 4.78 is 0. The lowest BCUT2D eigenvalue weighted by Gasteiger charge is -2.37. The number of nitrogens with zero attached hydrogens (tertiary/aromatic N) is 1. The molecule has 3 heteroatoms. The van der Waals surface area contributed by atoms with E-state index in [9.17, 15) is 4.79 Å². The van der Waals surface area contributed by atoms with E-state index in [-0.39, 0.29) is 0 Å². The number of carbonyl (C=O) groups is 1. The molecule has 25 heavy (non-hydrogen) atoms. The number of hydrogen-bond donors (Lipinski definition) is 1. The number of nitrogens with one attached hydrogen (secondary N) is 1. The van der Waals surface area contributed by atoms with Gasteiger partial charge in [0.2, 0.25) is 5.91 Å². The van der Waals surface area contributed by atoms with Gasteiger partial charge in [-0.2, -0.15) is 0 Å². The van der Waals surface area contributed by atoms with Crippen molar-refractivity contribution in [1.82, 2.24) is 10.2 Å². The lowest BCUT2D eigenvalue weighted by molar-refractivity contribution is -0.136. The number of hydrogen-bond acceptors (Lipinski definition) is 2. The number of rotatable bonds is 5. The van der Waals surface area contributed by atoms with Crippen molar-refractivity contribution >= 4 is 5.91 Å². The summed E-state index contributed by atoms with van der Waals surface area (Å²) in [5, 5.41) is 3.50. The number of fused-ring (bicyclic) bond motifs is 1. The minimum atomic E-state index is 0.321. The van der Waals surface area contributed by atoms with Crippen LogP contribution in [0, 0.1) is 11.8 Å². The van der Waals surface area contributed by atoms with Crippen LogP contribution in [0.25, 0.3) is 0 Å². The fourth-order valence-electron chi connectivity index (χ4n) is 4.91. The first kappa shape index (κ1) is 17.1. The Kier molecular flexibility index (Phi) is 5.12. The summed E-state index contributed by atoms with van der Waals surface area (Å²) in [5.41, 5.74) is 2.88. The molecule has 3 atom stereocenters. The first-order valence-corrected chi connectivity index (χ1v) is 10.3. The highest BCUT2D eigenvalue weighted by molar-refractivity contribution is 5.78. The molecule has 1 aromatic rings. The maximum Gasteiger partial charge on any atom is 0.223 e. The van der Waals surface area contributed by atoms with Gasteiger partial charge in [-0.25, -0.2) is 0 Å². The second-order valence-corrected chi connectivity index (χ2v) is 8.43. The lowest BCUT2D eigenvalue weighted by Crippen LogP contribution is -2.41. The smallest absolute Gasteiger partial charge is 0.223 e.